The Morgan fingerprint density at radius 1 is 1.09 bits per heavy atom. The summed E-state index contributed by atoms with van der Waals surface area (Å²) in [7, 11) is 3.78. The Morgan fingerprint density at radius 3 is 2.57 bits per heavy atom. The van der Waals surface area contributed by atoms with Crippen LogP contribution in [0.15, 0.2) is 55.1 Å². The van der Waals surface area contributed by atoms with Crippen molar-refractivity contribution in [2.24, 2.45) is 20.0 Å². The van der Waals surface area contributed by atoms with Crippen molar-refractivity contribution in [1.29, 1.82) is 0 Å². The number of likely N-dealkylation sites (tertiary alicyclic amines) is 1. The molecular weight excluding hydrogens is 444 g/mol. The highest BCUT2D eigenvalue weighted by molar-refractivity contribution is 5.75. The fourth-order valence-corrected chi connectivity index (χ4v) is 4.38. The van der Waals surface area contributed by atoms with Crippen LogP contribution in [0.4, 0.5) is 10.6 Å². The molecule has 5 rings (SSSR count). The minimum atomic E-state index is -0.845. The predicted molar refractivity (Wildman–Crippen MR) is 133 cm³/mol. The topological polar surface area (TPSA) is 114 Å². The van der Waals surface area contributed by atoms with Crippen molar-refractivity contribution in [3.8, 4) is 33.8 Å². The van der Waals surface area contributed by atoms with E-state index < -0.39 is 6.09 Å². The van der Waals surface area contributed by atoms with Gasteiger partial charge in [0.25, 0.3) is 0 Å². The summed E-state index contributed by atoms with van der Waals surface area (Å²) in [6.45, 7) is 1.83. The van der Waals surface area contributed by atoms with Gasteiger partial charge in [-0.05, 0) is 36.5 Å². The third-order valence-electron chi connectivity index (χ3n) is 6.38. The van der Waals surface area contributed by atoms with Gasteiger partial charge in [-0.2, -0.15) is 10.2 Å². The van der Waals surface area contributed by atoms with Crippen molar-refractivity contribution >= 4 is 11.9 Å². The van der Waals surface area contributed by atoms with Crippen LogP contribution in [0, 0.1) is 5.92 Å². The van der Waals surface area contributed by atoms with Crippen molar-refractivity contribution in [2.75, 3.05) is 25.0 Å². The second-order valence-electron chi connectivity index (χ2n) is 8.91. The first kappa shape index (κ1) is 22.6. The lowest BCUT2D eigenvalue weighted by Crippen LogP contribution is -2.39. The minimum absolute atomic E-state index is 0.370. The highest BCUT2D eigenvalue weighted by Crippen LogP contribution is 2.30. The van der Waals surface area contributed by atoms with Crippen molar-refractivity contribution in [3.63, 3.8) is 0 Å². The van der Waals surface area contributed by atoms with E-state index in [9.17, 15) is 9.90 Å². The van der Waals surface area contributed by atoms with E-state index in [0.717, 1.165) is 46.6 Å². The molecule has 1 saturated heterocycles. The first-order valence-electron chi connectivity index (χ1n) is 11.6. The Kier molecular flexibility index (Phi) is 6.17. The van der Waals surface area contributed by atoms with E-state index in [2.05, 4.69) is 26.6 Å². The van der Waals surface area contributed by atoms with E-state index in [0.29, 0.717) is 31.4 Å². The van der Waals surface area contributed by atoms with E-state index in [4.69, 9.17) is 4.98 Å². The second-order valence-corrected chi connectivity index (χ2v) is 8.91. The van der Waals surface area contributed by atoms with Gasteiger partial charge >= 0.3 is 6.09 Å². The Balaban J connectivity index is 1.42. The van der Waals surface area contributed by atoms with E-state index in [1.807, 2.05) is 63.1 Å². The summed E-state index contributed by atoms with van der Waals surface area (Å²) in [6.07, 6.45) is 8.33. The molecule has 0 unspecified atom stereocenters. The average Bonchev–Trinajstić information content (AvgIpc) is 3.51. The number of hydrogen-bond acceptors (Lipinski definition) is 6. The van der Waals surface area contributed by atoms with Crippen molar-refractivity contribution in [3.05, 3.63) is 55.1 Å². The molecule has 2 N–H and O–H groups in total. The zero-order valence-electron chi connectivity index (χ0n) is 19.8. The molecule has 35 heavy (non-hydrogen) atoms. The van der Waals surface area contributed by atoms with Crippen LogP contribution in [-0.4, -0.2) is 65.3 Å². The number of nitrogens with zero attached hydrogens (tertiary/aromatic N) is 7. The molecule has 0 bridgehead atoms. The fraction of sp³-hybridized carbons (Fsp3) is 0.320. The smallest absolute Gasteiger partial charge is 0.407 e. The average molecular weight is 473 g/mol. The normalized spacial score (nSPS) is 14.3. The Labute approximate surface area is 203 Å². The van der Waals surface area contributed by atoms with Crippen molar-refractivity contribution < 1.29 is 9.90 Å². The third-order valence-corrected chi connectivity index (χ3v) is 6.38. The molecule has 1 aliphatic rings. The lowest BCUT2D eigenvalue weighted by atomic mass is 9.97. The molecule has 10 heteroatoms. The van der Waals surface area contributed by atoms with Gasteiger partial charge in [-0.3, -0.25) is 9.36 Å². The van der Waals surface area contributed by atoms with E-state index in [1.54, 1.807) is 9.36 Å². The van der Waals surface area contributed by atoms with Gasteiger partial charge in [0.15, 0.2) is 5.82 Å². The van der Waals surface area contributed by atoms with Crippen LogP contribution < -0.4 is 5.32 Å². The molecule has 1 fully saturated rings. The van der Waals surface area contributed by atoms with Crippen molar-refractivity contribution in [1.82, 2.24) is 34.4 Å². The van der Waals surface area contributed by atoms with Crippen LogP contribution in [0.5, 0.6) is 0 Å². The Morgan fingerprint density at radius 2 is 1.89 bits per heavy atom. The van der Waals surface area contributed by atoms with E-state index in [-0.39, 0.29) is 0 Å². The van der Waals surface area contributed by atoms with Gasteiger partial charge in [-0.25, -0.2) is 14.8 Å². The quantitative estimate of drug-likeness (QED) is 0.439. The monoisotopic (exact) mass is 472 g/mol. The lowest BCUT2D eigenvalue weighted by molar-refractivity contribution is 0.126. The first-order valence-corrected chi connectivity index (χ1v) is 11.6. The molecule has 4 aromatic rings. The van der Waals surface area contributed by atoms with Gasteiger partial charge in [0, 0.05) is 63.4 Å². The number of aromatic nitrogens is 6. The van der Waals surface area contributed by atoms with Gasteiger partial charge in [-0.1, -0.05) is 18.2 Å². The molecule has 180 valence electrons. The van der Waals surface area contributed by atoms with E-state index >= 15 is 0 Å². The number of carbonyl (C=O) groups is 1. The van der Waals surface area contributed by atoms with Crippen LogP contribution >= 0.6 is 0 Å². The van der Waals surface area contributed by atoms with Gasteiger partial charge < -0.3 is 15.3 Å². The van der Waals surface area contributed by atoms with Crippen LogP contribution in [0.3, 0.4) is 0 Å². The molecule has 1 aromatic carbocycles. The molecule has 4 heterocycles. The molecule has 0 spiro atoms. The number of amides is 1. The highest BCUT2D eigenvalue weighted by atomic mass is 16.4. The molecule has 0 atom stereocenters. The van der Waals surface area contributed by atoms with Crippen LogP contribution in [-0.2, 0) is 14.1 Å². The summed E-state index contributed by atoms with van der Waals surface area (Å²) in [6, 6.07) is 10.1. The number of carboxylic acid groups (broad SMARTS) is 1. The summed E-state index contributed by atoms with van der Waals surface area (Å²) >= 11 is 0. The van der Waals surface area contributed by atoms with Gasteiger partial charge in [0.2, 0.25) is 0 Å². The Hall–Kier alpha value is -4.21. The largest absolute Gasteiger partial charge is 0.465 e. The van der Waals surface area contributed by atoms with Gasteiger partial charge in [0.05, 0.1) is 17.5 Å². The number of piperidine rings is 1. The SMILES string of the molecule is Cn1cc(-c2cccc(-c3ncc(-c4ccn(C)n4)c(NCC4CCN(C(=O)O)CC4)n3)c2)cn1. The fourth-order valence-electron chi connectivity index (χ4n) is 4.38. The Bertz CT molecular complexity index is 1340. The minimum Gasteiger partial charge on any atom is -0.465 e. The predicted octanol–water partition coefficient (Wildman–Crippen LogP) is 3.75. The zero-order valence-corrected chi connectivity index (χ0v) is 19.8. The van der Waals surface area contributed by atoms with Gasteiger partial charge in [0.1, 0.15) is 5.82 Å². The first-order chi connectivity index (χ1) is 17.0. The number of anilines is 1. The second kappa shape index (κ2) is 9.57. The number of nitrogens with one attached hydrogen (secondary N) is 1. The summed E-state index contributed by atoms with van der Waals surface area (Å²) in [5.74, 6) is 1.72. The maximum atomic E-state index is 11.2. The number of benzene rings is 1. The summed E-state index contributed by atoms with van der Waals surface area (Å²) in [5, 5.41) is 21.5. The summed E-state index contributed by atoms with van der Waals surface area (Å²) in [5.41, 5.74) is 4.63. The molecule has 0 radical (unpaired) electrons. The van der Waals surface area contributed by atoms with Gasteiger partial charge in [-0.15, -0.1) is 0 Å². The molecule has 10 nitrogen and oxygen atoms in total. The maximum Gasteiger partial charge on any atom is 0.407 e. The lowest BCUT2D eigenvalue weighted by Gasteiger charge is -2.30. The third kappa shape index (κ3) is 5.01. The zero-order chi connectivity index (χ0) is 24.4. The molecule has 3 aromatic heterocycles. The molecule has 0 aliphatic carbocycles. The highest BCUT2D eigenvalue weighted by Gasteiger charge is 2.23. The molecule has 1 aliphatic heterocycles. The molecular formula is C25H28N8O2. The van der Waals surface area contributed by atoms with Crippen LogP contribution in [0.25, 0.3) is 33.8 Å². The van der Waals surface area contributed by atoms with Crippen LogP contribution in [0.1, 0.15) is 12.8 Å². The van der Waals surface area contributed by atoms with E-state index in [1.165, 1.54) is 4.90 Å². The standard InChI is InChI=1S/C25H28N8O2/c1-31-9-8-22(30-31)21-15-27-23(19-5-3-4-18(12-19)20-14-28-32(2)16-20)29-24(21)26-13-17-6-10-33(11-7-17)25(34)35/h3-5,8-9,12,14-17H,6-7,10-11,13H2,1-2H3,(H,34,35)(H,26,27,29). The number of aryl methyl sites for hydroxylation is 2. The molecule has 0 saturated carbocycles. The van der Waals surface area contributed by atoms with Crippen LogP contribution in [0.2, 0.25) is 0 Å². The maximum absolute atomic E-state index is 11.2. The summed E-state index contributed by atoms with van der Waals surface area (Å²) in [4.78, 5) is 22.3. The van der Waals surface area contributed by atoms with Crippen molar-refractivity contribution in [2.45, 2.75) is 12.8 Å². The summed E-state index contributed by atoms with van der Waals surface area (Å²) < 4.78 is 3.54. The molecule has 1 amide bonds. The number of rotatable bonds is 6. The number of hydrogen-bond donors (Lipinski definition) is 2.